The first-order chi connectivity index (χ1) is 11.0. The quantitative estimate of drug-likeness (QED) is 0.786. The zero-order valence-corrected chi connectivity index (χ0v) is 13.6. The Morgan fingerprint density at radius 3 is 2.70 bits per heavy atom. The minimum Gasteiger partial charge on any atom is -0.459 e. The van der Waals surface area contributed by atoms with Gasteiger partial charge in [-0.2, -0.15) is 0 Å². The number of carbonyl (C=O) groups is 2. The number of carbonyl (C=O) groups excluding carboxylic acids is 2. The molecule has 0 bridgehead atoms. The molecule has 1 aromatic heterocycles. The molecule has 2 amide bonds. The molecule has 0 aliphatic carbocycles. The van der Waals surface area contributed by atoms with Crippen LogP contribution in [0.4, 0.5) is 11.4 Å². The Hall–Kier alpha value is -2.50. The van der Waals surface area contributed by atoms with Crippen LogP contribution in [0.25, 0.3) is 0 Å². The van der Waals surface area contributed by atoms with Crippen molar-refractivity contribution in [1.29, 1.82) is 0 Å². The standard InChI is InChI=1S/C17H19BN2O3/c1-3-13-10-19(17(22)16-5-4-8-23-16)15-9-12(18)6-7-14(15)20(13)11(2)21/h4-9,13H,3,10,18H2,1-2H3/t13-/m0/s1. The summed E-state index contributed by atoms with van der Waals surface area (Å²) in [5.41, 5.74) is 2.58. The van der Waals surface area contributed by atoms with Gasteiger partial charge in [-0.3, -0.25) is 9.59 Å². The normalized spacial score (nSPS) is 17.0. The number of hydrogen-bond acceptors (Lipinski definition) is 3. The van der Waals surface area contributed by atoms with Crippen molar-refractivity contribution in [3.63, 3.8) is 0 Å². The highest BCUT2D eigenvalue weighted by Gasteiger charge is 2.35. The van der Waals surface area contributed by atoms with Gasteiger partial charge in [0.15, 0.2) is 5.76 Å². The van der Waals surface area contributed by atoms with Gasteiger partial charge in [-0.25, -0.2) is 0 Å². The van der Waals surface area contributed by atoms with Gasteiger partial charge in [0.05, 0.1) is 23.7 Å². The van der Waals surface area contributed by atoms with Gasteiger partial charge in [0.2, 0.25) is 5.91 Å². The predicted octanol–water partition coefficient (Wildman–Crippen LogP) is 1.33. The molecule has 3 rings (SSSR count). The molecular weight excluding hydrogens is 291 g/mol. The van der Waals surface area contributed by atoms with Crippen molar-refractivity contribution >= 4 is 36.5 Å². The molecule has 2 aromatic rings. The molecule has 1 atom stereocenters. The molecule has 23 heavy (non-hydrogen) atoms. The first kappa shape index (κ1) is 15.4. The van der Waals surface area contributed by atoms with Crippen LogP contribution in [-0.4, -0.2) is 32.2 Å². The second-order valence-corrected chi connectivity index (χ2v) is 5.84. The van der Waals surface area contributed by atoms with Crippen LogP contribution < -0.4 is 15.3 Å². The van der Waals surface area contributed by atoms with Gasteiger partial charge >= 0.3 is 0 Å². The van der Waals surface area contributed by atoms with Crippen molar-refractivity contribution in [2.45, 2.75) is 26.3 Å². The van der Waals surface area contributed by atoms with E-state index in [-0.39, 0.29) is 17.9 Å². The lowest BCUT2D eigenvalue weighted by Gasteiger charge is -2.41. The van der Waals surface area contributed by atoms with Gasteiger partial charge in [0, 0.05) is 13.5 Å². The van der Waals surface area contributed by atoms with Crippen molar-refractivity contribution in [2.75, 3.05) is 16.3 Å². The summed E-state index contributed by atoms with van der Waals surface area (Å²) in [6.07, 6.45) is 2.27. The van der Waals surface area contributed by atoms with Crippen molar-refractivity contribution in [2.24, 2.45) is 0 Å². The monoisotopic (exact) mass is 310 g/mol. The largest absolute Gasteiger partial charge is 0.459 e. The molecule has 0 spiro atoms. The van der Waals surface area contributed by atoms with Crippen molar-refractivity contribution < 1.29 is 14.0 Å². The fourth-order valence-electron chi connectivity index (χ4n) is 3.10. The van der Waals surface area contributed by atoms with E-state index >= 15 is 0 Å². The number of furan rings is 1. The van der Waals surface area contributed by atoms with Crippen LogP contribution in [0.5, 0.6) is 0 Å². The second kappa shape index (κ2) is 5.95. The summed E-state index contributed by atoms with van der Waals surface area (Å²) in [5.74, 6) is 0.124. The third-order valence-electron chi connectivity index (χ3n) is 4.23. The smallest absolute Gasteiger partial charge is 0.294 e. The summed E-state index contributed by atoms with van der Waals surface area (Å²) in [6, 6.07) is 9.14. The number of amides is 2. The highest BCUT2D eigenvalue weighted by atomic mass is 16.3. The van der Waals surface area contributed by atoms with Crippen molar-refractivity contribution in [3.05, 3.63) is 42.4 Å². The van der Waals surface area contributed by atoms with Crippen LogP contribution in [0.15, 0.2) is 41.0 Å². The Labute approximate surface area is 136 Å². The Balaban J connectivity index is 2.11. The number of rotatable bonds is 2. The lowest BCUT2D eigenvalue weighted by Crippen LogP contribution is -2.52. The summed E-state index contributed by atoms with van der Waals surface area (Å²) in [5, 5.41) is 0. The van der Waals surface area contributed by atoms with Crippen LogP contribution in [0.1, 0.15) is 30.8 Å². The molecule has 0 N–H and O–H groups in total. The zero-order valence-electron chi connectivity index (χ0n) is 13.6. The molecule has 2 heterocycles. The van der Waals surface area contributed by atoms with E-state index in [4.69, 9.17) is 4.42 Å². The van der Waals surface area contributed by atoms with Crippen LogP contribution in [0.3, 0.4) is 0 Å². The van der Waals surface area contributed by atoms with Crippen LogP contribution in [0.2, 0.25) is 0 Å². The topological polar surface area (TPSA) is 53.8 Å². The Bertz CT molecular complexity index is 742. The summed E-state index contributed by atoms with van der Waals surface area (Å²) >= 11 is 0. The highest BCUT2D eigenvalue weighted by Crippen LogP contribution is 2.36. The number of hydrogen-bond donors (Lipinski definition) is 0. The number of anilines is 2. The predicted molar refractivity (Wildman–Crippen MR) is 92.2 cm³/mol. The number of nitrogens with zero attached hydrogens (tertiary/aromatic N) is 2. The average molecular weight is 310 g/mol. The zero-order chi connectivity index (χ0) is 16.6. The molecule has 6 heteroatoms. The molecule has 0 radical (unpaired) electrons. The van der Waals surface area contributed by atoms with E-state index in [1.54, 1.807) is 28.9 Å². The van der Waals surface area contributed by atoms with Gasteiger partial charge in [-0.05, 0) is 30.7 Å². The molecule has 1 aliphatic rings. The number of benzene rings is 1. The van der Waals surface area contributed by atoms with E-state index in [1.165, 1.54) is 6.26 Å². The maximum atomic E-state index is 12.8. The molecule has 5 nitrogen and oxygen atoms in total. The fraction of sp³-hybridized carbons (Fsp3) is 0.294. The van der Waals surface area contributed by atoms with E-state index in [9.17, 15) is 9.59 Å². The first-order valence-electron chi connectivity index (χ1n) is 7.78. The molecule has 0 saturated heterocycles. The summed E-state index contributed by atoms with van der Waals surface area (Å²) in [6.45, 7) is 4.05. The summed E-state index contributed by atoms with van der Waals surface area (Å²) < 4.78 is 5.27. The van der Waals surface area contributed by atoms with Gasteiger partial charge in [-0.15, -0.1) is 0 Å². The van der Waals surface area contributed by atoms with E-state index < -0.39 is 0 Å². The highest BCUT2D eigenvalue weighted by molar-refractivity contribution is 6.33. The summed E-state index contributed by atoms with van der Waals surface area (Å²) in [7, 11) is 1.97. The van der Waals surface area contributed by atoms with Crippen molar-refractivity contribution in [3.8, 4) is 0 Å². The van der Waals surface area contributed by atoms with E-state index in [2.05, 4.69) is 0 Å². The van der Waals surface area contributed by atoms with Gasteiger partial charge in [0.1, 0.15) is 7.85 Å². The maximum Gasteiger partial charge on any atom is 0.294 e. The molecule has 1 aliphatic heterocycles. The Morgan fingerprint density at radius 1 is 1.30 bits per heavy atom. The number of fused-ring (bicyclic) bond motifs is 1. The summed E-state index contributed by atoms with van der Waals surface area (Å²) in [4.78, 5) is 28.4. The molecule has 0 unspecified atom stereocenters. The minimum atomic E-state index is -0.177. The maximum absolute atomic E-state index is 12.8. The van der Waals surface area contributed by atoms with Gasteiger partial charge in [0.25, 0.3) is 5.91 Å². The molecule has 0 fully saturated rings. The second-order valence-electron chi connectivity index (χ2n) is 5.84. The average Bonchev–Trinajstić information content (AvgIpc) is 3.06. The molecule has 1 aromatic carbocycles. The SMILES string of the molecule is Bc1ccc2c(c1)N(C(=O)c1ccco1)C[C@H](CC)N2C(C)=O. The molecular formula is C17H19BN2O3. The van der Waals surface area contributed by atoms with Crippen molar-refractivity contribution in [1.82, 2.24) is 0 Å². The minimum absolute atomic E-state index is 0.00736. The van der Waals surface area contributed by atoms with Crippen LogP contribution >= 0.6 is 0 Å². The first-order valence-corrected chi connectivity index (χ1v) is 7.78. The Kier molecular flexibility index (Phi) is 3.98. The Morgan fingerprint density at radius 2 is 2.09 bits per heavy atom. The molecule has 0 saturated carbocycles. The fourth-order valence-corrected chi connectivity index (χ4v) is 3.10. The van der Waals surface area contributed by atoms with Gasteiger partial charge < -0.3 is 14.2 Å². The van der Waals surface area contributed by atoms with E-state index in [0.29, 0.717) is 12.3 Å². The lowest BCUT2D eigenvalue weighted by atomic mass is 9.93. The van der Waals surface area contributed by atoms with Crippen LogP contribution in [0, 0.1) is 0 Å². The van der Waals surface area contributed by atoms with Gasteiger partial charge in [-0.1, -0.05) is 18.5 Å². The third kappa shape index (κ3) is 2.65. The van der Waals surface area contributed by atoms with E-state index in [1.807, 2.05) is 33.0 Å². The van der Waals surface area contributed by atoms with E-state index in [0.717, 1.165) is 23.3 Å². The third-order valence-corrected chi connectivity index (χ3v) is 4.23. The molecule has 118 valence electrons. The lowest BCUT2D eigenvalue weighted by molar-refractivity contribution is -0.117. The van der Waals surface area contributed by atoms with Crippen LogP contribution in [-0.2, 0) is 4.79 Å².